The van der Waals surface area contributed by atoms with Gasteiger partial charge in [0.05, 0.1) is 12.2 Å². The third kappa shape index (κ3) is 2.65. The van der Waals surface area contributed by atoms with Crippen LogP contribution in [0, 0.1) is 25.2 Å². The van der Waals surface area contributed by atoms with Crippen molar-refractivity contribution in [1.82, 2.24) is 4.57 Å². The molecule has 4 nitrogen and oxygen atoms in total. The SMILES string of the molecule is CCOC(=O)c1c(C)cc(=O)n(CC2CC2(C)C)c1C. The Balaban J connectivity index is 2.40. The van der Waals surface area contributed by atoms with Gasteiger partial charge in [-0.1, -0.05) is 13.8 Å². The van der Waals surface area contributed by atoms with Crippen molar-refractivity contribution in [2.75, 3.05) is 6.61 Å². The first-order chi connectivity index (χ1) is 9.27. The smallest absolute Gasteiger partial charge is 0.340 e. The van der Waals surface area contributed by atoms with Crippen LogP contribution < -0.4 is 5.56 Å². The first kappa shape index (κ1) is 14.8. The van der Waals surface area contributed by atoms with E-state index in [4.69, 9.17) is 4.74 Å². The van der Waals surface area contributed by atoms with Crippen molar-refractivity contribution in [1.29, 1.82) is 0 Å². The number of esters is 1. The number of pyridine rings is 1. The zero-order valence-electron chi connectivity index (χ0n) is 12.9. The van der Waals surface area contributed by atoms with Crippen molar-refractivity contribution < 1.29 is 9.53 Å². The molecule has 1 unspecified atom stereocenters. The number of carbonyl (C=O) groups excluding carboxylic acids is 1. The maximum Gasteiger partial charge on any atom is 0.340 e. The minimum atomic E-state index is -0.341. The fourth-order valence-electron chi connectivity index (χ4n) is 2.77. The molecule has 0 aliphatic heterocycles. The normalized spacial score (nSPS) is 19.8. The fraction of sp³-hybridized carbons (Fsp3) is 0.625. The molecular formula is C16H23NO3. The number of aryl methyl sites for hydroxylation is 1. The van der Waals surface area contributed by atoms with E-state index in [1.165, 1.54) is 6.07 Å². The van der Waals surface area contributed by atoms with Gasteiger partial charge < -0.3 is 9.30 Å². The van der Waals surface area contributed by atoms with Gasteiger partial charge in [0.15, 0.2) is 0 Å². The molecule has 1 aromatic heterocycles. The summed E-state index contributed by atoms with van der Waals surface area (Å²) in [6, 6.07) is 1.54. The summed E-state index contributed by atoms with van der Waals surface area (Å²) in [7, 11) is 0. The monoisotopic (exact) mass is 277 g/mol. The van der Waals surface area contributed by atoms with Gasteiger partial charge in [0, 0.05) is 18.3 Å². The predicted octanol–water partition coefficient (Wildman–Crippen LogP) is 2.69. The van der Waals surface area contributed by atoms with Crippen molar-refractivity contribution >= 4 is 5.97 Å². The molecule has 20 heavy (non-hydrogen) atoms. The molecule has 0 amide bonds. The highest BCUT2D eigenvalue weighted by Crippen LogP contribution is 2.52. The Bertz CT molecular complexity index is 598. The summed E-state index contributed by atoms with van der Waals surface area (Å²) in [5.74, 6) is 0.169. The van der Waals surface area contributed by atoms with E-state index in [9.17, 15) is 9.59 Å². The summed E-state index contributed by atoms with van der Waals surface area (Å²) < 4.78 is 6.81. The van der Waals surface area contributed by atoms with Crippen LogP contribution in [0.1, 0.15) is 48.8 Å². The standard InChI is InChI=1S/C16H23NO3/c1-6-20-15(19)14-10(2)7-13(18)17(11(14)3)9-12-8-16(12,4)5/h7,12H,6,8-9H2,1-5H3. The lowest BCUT2D eigenvalue weighted by molar-refractivity contribution is 0.0523. The number of rotatable bonds is 4. The van der Waals surface area contributed by atoms with Gasteiger partial charge in [-0.2, -0.15) is 0 Å². The first-order valence-corrected chi connectivity index (χ1v) is 7.16. The molecule has 0 saturated heterocycles. The molecule has 2 rings (SSSR count). The van der Waals surface area contributed by atoms with Gasteiger partial charge in [0.2, 0.25) is 0 Å². The average molecular weight is 277 g/mol. The van der Waals surface area contributed by atoms with Crippen LogP contribution >= 0.6 is 0 Å². The van der Waals surface area contributed by atoms with E-state index in [1.54, 1.807) is 18.4 Å². The highest BCUT2D eigenvalue weighted by atomic mass is 16.5. The van der Waals surface area contributed by atoms with E-state index >= 15 is 0 Å². The number of nitrogens with zero attached hydrogens (tertiary/aromatic N) is 1. The van der Waals surface area contributed by atoms with Crippen LogP contribution in [0.2, 0.25) is 0 Å². The first-order valence-electron chi connectivity index (χ1n) is 7.16. The minimum Gasteiger partial charge on any atom is -0.462 e. The van der Waals surface area contributed by atoms with Crippen LogP contribution in [0.15, 0.2) is 10.9 Å². The van der Waals surface area contributed by atoms with Crippen LogP contribution in [0.4, 0.5) is 0 Å². The molecule has 1 atom stereocenters. The molecule has 1 aliphatic carbocycles. The molecule has 110 valence electrons. The molecule has 4 heteroatoms. The summed E-state index contributed by atoms with van der Waals surface area (Å²) in [5.41, 5.74) is 2.22. The van der Waals surface area contributed by atoms with Crippen LogP contribution in [-0.4, -0.2) is 17.1 Å². The molecule has 1 heterocycles. The van der Waals surface area contributed by atoms with Crippen LogP contribution in [0.25, 0.3) is 0 Å². The van der Waals surface area contributed by atoms with Gasteiger partial charge in [-0.15, -0.1) is 0 Å². The molecule has 0 radical (unpaired) electrons. The molecule has 0 spiro atoms. The topological polar surface area (TPSA) is 48.3 Å². The van der Waals surface area contributed by atoms with Crippen LogP contribution in [-0.2, 0) is 11.3 Å². The lowest BCUT2D eigenvalue weighted by Gasteiger charge is -2.16. The summed E-state index contributed by atoms with van der Waals surface area (Å²) in [6.45, 7) is 10.8. The Morgan fingerprint density at radius 3 is 2.55 bits per heavy atom. The second-order valence-electron chi connectivity index (χ2n) is 6.35. The Labute approximate surface area is 119 Å². The van der Waals surface area contributed by atoms with Crippen molar-refractivity contribution in [3.8, 4) is 0 Å². The lowest BCUT2D eigenvalue weighted by Crippen LogP contribution is -2.27. The van der Waals surface area contributed by atoms with Gasteiger partial charge in [0.25, 0.3) is 5.56 Å². The summed E-state index contributed by atoms with van der Waals surface area (Å²) >= 11 is 0. The lowest BCUT2D eigenvalue weighted by atomic mass is 10.1. The van der Waals surface area contributed by atoms with E-state index in [2.05, 4.69) is 13.8 Å². The predicted molar refractivity (Wildman–Crippen MR) is 78.0 cm³/mol. The number of ether oxygens (including phenoxy) is 1. The number of aromatic nitrogens is 1. The van der Waals surface area contributed by atoms with Gasteiger partial charge in [-0.25, -0.2) is 4.79 Å². The van der Waals surface area contributed by atoms with Gasteiger partial charge in [0.1, 0.15) is 0 Å². The van der Waals surface area contributed by atoms with E-state index in [1.807, 2.05) is 6.92 Å². The molecule has 0 aromatic carbocycles. The minimum absolute atomic E-state index is 0.0317. The molecular weight excluding hydrogens is 254 g/mol. The summed E-state index contributed by atoms with van der Waals surface area (Å²) in [5, 5.41) is 0. The van der Waals surface area contributed by atoms with Crippen molar-refractivity contribution in [2.24, 2.45) is 11.3 Å². The number of hydrogen-bond donors (Lipinski definition) is 0. The zero-order chi connectivity index (χ0) is 15.1. The Morgan fingerprint density at radius 1 is 1.45 bits per heavy atom. The second kappa shape index (κ2) is 5.08. The van der Waals surface area contributed by atoms with Crippen molar-refractivity contribution in [3.05, 3.63) is 33.2 Å². The Kier molecular flexibility index (Phi) is 3.76. The molecule has 1 aromatic rings. The van der Waals surface area contributed by atoms with E-state index < -0.39 is 0 Å². The van der Waals surface area contributed by atoms with Gasteiger partial charge >= 0.3 is 5.97 Å². The molecule has 0 N–H and O–H groups in total. The highest BCUT2D eigenvalue weighted by molar-refractivity contribution is 5.92. The second-order valence-corrected chi connectivity index (χ2v) is 6.35. The third-order valence-corrected chi connectivity index (χ3v) is 4.37. The maximum atomic E-state index is 12.2. The highest BCUT2D eigenvalue weighted by Gasteiger charge is 2.45. The van der Waals surface area contributed by atoms with E-state index in [-0.39, 0.29) is 11.5 Å². The van der Waals surface area contributed by atoms with E-state index in [0.717, 1.165) is 12.1 Å². The maximum absolute atomic E-state index is 12.2. The zero-order valence-corrected chi connectivity index (χ0v) is 12.9. The van der Waals surface area contributed by atoms with Crippen LogP contribution in [0.5, 0.6) is 0 Å². The van der Waals surface area contributed by atoms with Gasteiger partial charge in [-0.05, 0) is 44.1 Å². The molecule has 1 saturated carbocycles. The Hall–Kier alpha value is -1.58. The molecule has 0 bridgehead atoms. The van der Waals surface area contributed by atoms with E-state index in [0.29, 0.717) is 35.6 Å². The fourth-order valence-corrected chi connectivity index (χ4v) is 2.77. The largest absolute Gasteiger partial charge is 0.462 e. The molecule has 1 aliphatic rings. The Morgan fingerprint density at radius 2 is 2.05 bits per heavy atom. The van der Waals surface area contributed by atoms with Gasteiger partial charge in [-0.3, -0.25) is 4.79 Å². The average Bonchev–Trinajstić information content (AvgIpc) is 2.92. The van der Waals surface area contributed by atoms with Crippen molar-refractivity contribution in [2.45, 2.75) is 47.6 Å². The molecule has 1 fully saturated rings. The number of carbonyl (C=O) groups is 1. The quantitative estimate of drug-likeness (QED) is 0.795. The van der Waals surface area contributed by atoms with Crippen molar-refractivity contribution in [3.63, 3.8) is 0 Å². The third-order valence-electron chi connectivity index (χ3n) is 4.37. The van der Waals surface area contributed by atoms with Crippen LogP contribution in [0.3, 0.4) is 0 Å². The summed E-state index contributed by atoms with van der Waals surface area (Å²) in [4.78, 5) is 24.2. The number of hydrogen-bond acceptors (Lipinski definition) is 3. The summed E-state index contributed by atoms with van der Waals surface area (Å²) in [6.07, 6.45) is 1.13.